The van der Waals surface area contributed by atoms with Gasteiger partial charge in [0.05, 0.1) is 6.42 Å². The van der Waals surface area contributed by atoms with Crippen molar-refractivity contribution >= 4 is 29.0 Å². The van der Waals surface area contributed by atoms with Gasteiger partial charge in [-0.25, -0.2) is 4.79 Å². The molecule has 1 N–H and O–H groups in total. The average Bonchev–Trinajstić information content (AvgIpc) is 3.57. The smallest absolute Gasteiger partial charge is 0.321 e. The summed E-state index contributed by atoms with van der Waals surface area (Å²) in [7, 11) is 2.14. The third-order valence-corrected chi connectivity index (χ3v) is 7.78. The molecule has 2 aromatic carbocycles. The van der Waals surface area contributed by atoms with Crippen LogP contribution < -0.4 is 15.0 Å². The SMILES string of the molecule is CN(Cc1cccc(OC2CCN(C(=O)Cc3ccc(N4CCNC4=O)cc3)CC2)c1)Cc1cccs1. The zero-order chi connectivity index (χ0) is 25.6. The van der Waals surface area contributed by atoms with Crippen LogP contribution in [0.25, 0.3) is 0 Å². The molecule has 0 radical (unpaired) electrons. The molecule has 0 bridgehead atoms. The topological polar surface area (TPSA) is 65.1 Å². The number of nitrogens with one attached hydrogen (secondary N) is 1. The maximum atomic E-state index is 12.9. The fourth-order valence-electron chi connectivity index (χ4n) is 4.97. The summed E-state index contributed by atoms with van der Waals surface area (Å²) in [6, 6.07) is 20.3. The van der Waals surface area contributed by atoms with Crippen molar-refractivity contribution in [1.29, 1.82) is 0 Å². The summed E-state index contributed by atoms with van der Waals surface area (Å²) in [6.45, 7) is 4.56. The summed E-state index contributed by atoms with van der Waals surface area (Å²) in [5.41, 5.74) is 3.07. The van der Waals surface area contributed by atoms with Gasteiger partial charge in [0.2, 0.25) is 5.91 Å². The van der Waals surface area contributed by atoms with Crippen molar-refractivity contribution in [2.75, 3.05) is 38.1 Å². The second kappa shape index (κ2) is 11.8. The Labute approximate surface area is 222 Å². The van der Waals surface area contributed by atoms with Gasteiger partial charge in [0.25, 0.3) is 0 Å². The second-order valence-corrected chi connectivity index (χ2v) is 10.9. The Kier molecular flexibility index (Phi) is 8.06. The number of benzene rings is 2. The molecule has 0 spiro atoms. The second-order valence-electron chi connectivity index (χ2n) is 9.82. The van der Waals surface area contributed by atoms with E-state index in [1.165, 1.54) is 10.4 Å². The van der Waals surface area contributed by atoms with Crippen LogP contribution in [-0.2, 0) is 24.3 Å². The Bertz CT molecular complexity index is 1190. The normalized spacial score (nSPS) is 16.3. The van der Waals surface area contributed by atoms with E-state index < -0.39 is 0 Å². The molecule has 0 unspecified atom stereocenters. The molecule has 8 heteroatoms. The number of rotatable bonds is 9. The molecule has 3 heterocycles. The molecule has 1 aromatic heterocycles. The van der Waals surface area contributed by atoms with Gasteiger partial charge in [0.15, 0.2) is 0 Å². The summed E-state index contributed by atoms with van der Waals surface area (Å²) in [4.78, 5) is 32.1. The number of carbonyl (C=O) groups excluding carboxylic acids is 2. The van der Waals surface area contributed by atoms with Crippen molar-refractivity contribution in [2.24, 2.45) is 0 Å². The van der Waals surface area contributed by atoms with Gasteiger partial charge in [-0.1, -0.05) is 30.3 Å². The predicted molar refractivity (Wildman–Crippen MR) is 147 cm³/mol. The molecule has 7 nitrogen and oxygen atoms in total. The van der Waals surface area contributed by atoms with Crippen LogP contribution in [0.5, 0.6) is 5.75 Å². The number of hydrogen-bond acceptors (Lipinski definition) is 5. The van der Waals surface area contributed by atoms with Gasteiger partial charge < -0.3 is 15.0 Å². The van der Waals surface area contributed by atoms with Gasteiger partial charge in [0.1, 0.15) is 11.9 Å². The molecule has 0 aliphatic carbocycles. The van der Waals surface area contributed by atoms with Crippen molar-refractivity contribution in [3.63, 3.8) is 0 Å². The van der Waals surface area contributed by atoms with Crippen LogP contribution in [0, 0.1) is 0 Å². The molecule has 0 atom stereocenters. The monoisotopic (exact) mass is 518 g/mol. The van der Waals surface area contributed by atoms with E-state index in [2.05, 4.69) is 53.0 Å². The fourth-order valence-corrected chi connectivity index (χ4v) is 5.75. The first-order chi connectivity index (χ1) is 18.0. The number of amides is 3. The molecular formula is C29H34N4O3S. The molecule has 0 saturated carbocycles. The summed E-state index contributed by atoms with van der Waals surface area (Å²) >= 11 is 1.79. The lowest BCUT2D eigenvalue weighted by Gasteiger charge is -2.32. The quantitative estimate of drug-likeness (QED) is 0.452. The van der Waals surface area contributed by atoms with Crippen molar-refractivity contribution in [3.8, 4) is 5.75 Å². The van der Waals surface area contributed by atoms with Crippen molar-refractivity contribution in [3.05, 3.63) is 82.0 Å². The predicted octanol–water partition coefficient (Wildman–Crippen LogP) is 4.52. The number of carbonyl (C=O) groups is 2. The molecule has 37 heavy (non-hydrogen) atoms. The Morgan fingerprint density at radius 2 is 1.84 bits per heavy atom. The van der Waals surface area contributed by atoms with E-state index in [0.29, 0.717) is 32.6 Å². The van der Waals surface area contributed by atoms with Crippen LogP contribution in [0.1, 0.15) is 28.8 Å². The lowest BCUT2D eigenvalue weighted by Crippen LogP contribution is -2.42. The lowest BCUT2D eigenvalue weighted by molar-refractivity contribution is -0.132. The van der Waals surface area contributed by atoms with Crippen LogP contribution >= 0.6 is 11.3 Å². The third-order valence-electron chi connectivity index (χ3n) is 6.91. The number of ether oxygens (including phenoxy) is 1. The highest BCUT2D eigenvalue weighted by atomic mass is 32.1. The number of urea groups is 1. The van der Waals surface area contributed by atoms with Crippen LogP contribution in [0.2, 0.25) is 0 Å². The van der Waals surface area contributed by atoms with Crippen LogP contribution in [0.15, 0.2) is 66.0 Å². The van der Waals surface area contributed by atoms with Gasteiger partial charge in [-0.3, -0.25) is 14.6 Å². The van der Waals surface area contributed by atoms with Crippen LogP contribution in [0.4, 0.5) is 10.5 Å². The number of piperidine rings is 1. The third kappa shape index (κ3) is 6.70. The fraction of sp³-hybridized carbons (Fsp3) is 0.379. The summed E-state index contributed by atoms with van der Waals surface area (Å²) in [5.74, 6) is 1.04. The van der Waals surface area contributed by atoms with Crippen molar-refractivity contribution < 1.29 is 14.3 Å². The minimum absolute atomic E-state index is 0.0675. The number of likely N-dealkylation sites (tertiary alicyclic amines) is 1. The number of hydrogen-bond donors (Lipinski definition) is 1. The Balaban J connectivity index is 1.07. The average molecular weight is 519 g/mol. The molecule has 2 aliphatic heterocycles. The molecule has 5 rings (SSSR count). The van der Waals surface area contributed by atoms with Gasteiger partial charge in [-0.2, -0.15) is 0 Å². The number of anilines is 1. The molecule has 2 saturated heterocycles. The van der Waals surface area contributed by atoms with Gasteiger partial charge in [-0.05, 0) is 53.9 Å². The van der Waals surface area contributed by atoms with Gasteiger partial charge in [-0.15, -0.1) is 11.3 Å². The van der Waals surface area contributed by atoms with Crippen molar-refractivity contribution in [1.82, 2.24) is 15.1 Å². The minimum atomic E-state index is -0.0675. The summed E-state index contributed by atoms with van der Waals surface area (Å²) in [6.07, 6.45) is 2.15. The molecule has 3 amide bonds. The van der Waals surface area contributed by atoms with Gasteiger partial charge in [0, 0.05) is 62.7 Å². The highest BCUT2D eigenvalue weighted by molar-refractivity contribution is 7.09. The first kappa shape index (κ1) is 25.3. The maximum absolute atomic E-state index is 12.9. The zero-order valence-corrected chi connectivity index (χ0v) is 22.1. The van der Waals surface area contributed by atoms with E-state index in [1.54, 1.807) is 16.2 Å². The van der Waals surface area contributed by atoms with Crippen LogP contribution in [-0.4, -0.2) is 61.1 Å². The summed E-state index contributed by atoms with van der Waals surface area (Å²) in [5, 5.41) is 4.92. The largest absolute Gasteiger partial charge is 0.490 e. The molecular weight excluding hydrogens is 484 g/mol. The molecule has 3 aromatic rings. The van der Waals surface area contributed by atoms with E-state index in [-0.39, 0.29) is 18.0 Å². The first-order valence-corrected chi connectivity index (χ1v) is 13.8. The molecule has 194 valence electrons. The van der Waals surface area contributed by atoms with Gasteiger partial charge >= 0.3 is 6.03 Å². The molecule has 2 aliphatic rings. The maximum Gasteiger partial charge on any atom is 0.321 e. The Morgan fingerprint density at radius 3 is 2.54 bits per heavy atom. The zero-order valence-electron chi connectivity index (χ0n) is 21.3. The highest BCUT2D eigenvalue weighted by Crippen LogP contribution is 2.23. The van der Waals surface area contributed by atoms with E-state index in [0.717, 1.165) is 42.9 Å². The summed E-state index contributed by atoms with van der Waals surface area (Å²) < 4.78 is 6.31. The minimum Gasteiger partial charge on any atom is -0.490 e. The number of thiophene rings is 1. The van der Waals surface area contributed by atoms with E-state index >= 15 is 0 Å². The Hall–Kier alpha value is -3.36. The number of nitrogens with zero attached hydrogens (tertiary/aromatic N) is 3. The lowest BCUT2D eigenvalue weighted by atomic mass is 10.1. The Morgan fingerprint density at radius 1 is 1.03 bits per heavy atom. The van der Waals surface area contributed by atoms with E-state index in [9.17, 15) is 9.59 Å². The van der Waals surface area contributed by atoms with Crippen molar-refractivity contribution in [2.45, 2.75) is 38.5 Å². The van der Waals surface area contributed by atoms with Crippen LogP contribution in [0.3, 0.4) is 0 Å². The van der Waals surface area contributed by atoms with E-state index in [4.69, 9.17) is 4.74 Å². The standard InChI is InChI=1S/C29H34N4O3S/c1-31(21-27-6-3-17-37-27)20-23-4-2-5-26(18-23)36-25-11-14-32(15-12-25)28(34)19-22-7-9-24(10-8-22)33-16-13-30-29(33)35/h2-10,17-18,25H,11-16,19-21H2,1H3,(H,30,35). The molecule has 2 fully saturated rings. The first-order valence-electron chi connectivity index (χ1n) is 12.9. The highest BCUT2D eigenvalue weighted by Gasteiger charge is 2.25. The van der Waals surface area contributed by atoms with E-state index in [1.807, 2.05) is 35.2 Å².